The van der Waals surface area contributed by atoms with Crippen LogP contribution in [0.15, 0.2) is 53.2 Å². The number of hydrogen-bond acceptors (Lipinski definition) is 5. The van der Waals surface area contributed by atoms with Crippen molar-refractivity contribution in [3.63, 3.8) is 0 Å². The van der Waals surface area contributed by atoms with Crippen molar-refractivity contribution < 1.29 is 8.53 Å². The molecule has 0 fully saturated rings. The Labute approximate surface area is 149 Å². The van der Waals surface area contributed by atoms with Crippen LogP contribution in [-0.4, -0.2) is 23.1 Å². The number of aromatic nitrogens is 2. The Morgan fingerprint density at radius 3 is 2.68 bits per heavy atom. The molecule has 5 heteroatoms. The van der Waals surface area contributed by atoms with Crippen LogP contribution in [0.4, 0.5) is 17.3 Å². The topological polar surface area (TPSA) is 45.4 Å². The molecule has 3 heterocycles. The van der Waals surface area contributed by atoms with E-state index in [1.807, 2.05) is 55.1 Å². The van der Waals surface area contributed by atoms with Gasteiger partial charge in [-0.2, -0.15) is 0 Å². The maximum Gasteiger partial charge on any atom is 0.178 e. The fourth-order valence-corrected chi connectivity index (χ4v) is 3.60. The van der Waals surface area contributed by atoms with E-state index in [0.717, 1.165) is 33.2 Å². The van der Waals surface area contributed by atoms with Crippen molar-refractivity contribution >= 4 is 39.3 Å². The molecule has 0 bridgehead atoms. The largest absolute Gasteiger partial charge is 0.454 e. The van der Waals surface area contributed by atoms with E-state index in [9.17, 15) is 0 Å². The summed E-state index contributed by atoms with van der Waals surface area (Å²) in [6.45, 7) is 1.49. The van der Waals surface area contributed by atoms with Gasteiger partial charge in [0.1, 0.15) is 11.7 Å². The average molecular weight is 333 g/mol. The summed E-state index contributed by atoms with van der Waals surface area (Å²) in [5.41, 5.74) is 3.30. The van der Waals surface area contributed by atoms with Gasteiger partial charge in [0.2, 0.25) is 0 Å². The Hall–Kier alpha value is -3.08. The quantitative estimate of drug-likeness (QED) is 0.509. The first-order valence-corrected chi connectivity index (χ1v) is 8.18. The number of hydrogen-bond donors (Lipinski definition) is 0. The number of para-hydroxylation sites is 1. The van der Waals surface area contributed by atoms with Crippen molar-refractivity contribution in [3.05, 3.63) is 54.4 Å². The van der Waals surface area contributed by atoms with Gasteiger partial charge in [-0.3, -0.25) is 4.90 Å². The standard InChI is InChI=1S/C20H18N4O/c1-12-8-9-15-14-6-4-5-7-16(14)25-18(15)17(12)24-13(2)23(3)19-20(24)22-11-10-21-19/h4-11,13H,1-3H3/t13-/m0/s1/i3D3. The van der Waals surface area contributed by atoms with Gasteiger partial charge in [-0.15, -0.1) is 0 Å². The van der Waals surface area contributed by atoms with Gasteiger partial charge in [0.25, 0.3) is 0 Å². The highest BCUT2D eigenvalue weighted by molar-refractivity contribution is 6.10. The lowest BCUT2D eigenvalue weighted by Gasteiger charge is -2.27. The van der Waals surface area contributed by atoms with Crippen molar-refractivity contribution in [1.29, 1.82) is 0 Å². The van der Waals surface area contributed by atoms with E-state index in [4.69, 9.17) is 8.53 Å². The zero-order valence-electron chi connectivity index (χ0n) is 16.9. The third kappa shape index (κ3) is 1.83. The number of rotatable bonds is 1. The lowest BCUT2D eigenvalue weighted by molar-refractivity contribution is 0.660. The average Bonchev–Trinajstić information content (AvgIpc) is 3.16. The van der Waals surface area contributed by atoms with Gasteiger partial charge < -0.3 is 9.32 Å². The molecule has 5 nitrogen and oxygen atoms in total. The summed E-state index contributed by atoms with van der Waals surface area (Å²) < 4.78 is 30.2. The van der Waals surface area contributed by atoms with Crippen LogP contribution >= 0.6 is 0 Å². The van der Waals surface area contributed by atoms with Crippen LogP contribution in [0.5, 0.6) is 0 Å². The van der Waals surface area contributed by atoms with Gasteiger partial charge in [-0.1, -0.05) is 30.3 Å². The highest BCUT2D eigenvalue weighted by Crippen LogP contribution is 2.45. The molecule has 1 atom stereocenters. The van der Waals surface area contributed by atoms with E-state index in [0.29, 0.717) is 11.6 Å². The molecular weight excluding hydrogens is 312 g/mol. The molecule has 2 aromatic heterocycles. The van der Waals surface area contributed by atoms with Gasteiger partial charge in [0.15, 0.2) is 17.2 Å². The van der Waals surface area contributed by atoms with E-state index >= 15 is 0 Å². The van der Waals surface area contributed by atoms with E-state index in [-0.39, 0.29) is 0 Å². The lowest BCUT2D eigenvalue weighted by atomic mass is 10.1. The zero-order valence-corrected chi connectivity index (χ0v) is 13.9. The third-order valence-electron chi connectivity index (χ3n) is 4.83. The molecule has 124 valence electrons. The second-order valence-electron chi connectivity index (χ2n) is 6.28. The van der Waals surface area contributed by atoms with Crippen LogP contribution in [0.2, 0.25) is 0 Å². The molecule has 0 aliphatic carbocycles. The Balaban J connectivity index is 1.82. The number of fused-ring (bicyclic) bond motifs is 4. The van der Waals surface area contributed by atoms with E-state index < -0.39 is 13.1 Å². The van der Waals surface area contributed by atoms with Gasteiger partial charge in [0.05, 0.1) is 5.69 Å². The van der Waals surface area contributed by atoms with Gasteiger partial charge >= 0.3 is 0 Å². The molecule has 1 aliphatic heterocycles. The highest BCUT2D eigenvalue weighted by Gasteiger charge is 2.36. The van der Waals surface area contributed by atoms with Crippen molar-refractivity contribution in [2.45, 2.75) is 20.0 Å². The summed E-state index contributed by atoms with van der Waals surface area (Å²) >= 11 is 0. The molecule has 0 amide bonds. The van der Waals surface area contributed by atoms with Crippen LogP contribution in [-0.2, 0) is 0 Å². The van der Waals surface area contributed by atoms with Crippen molar-refractivity contribution in [3.8, 4) is 0 Å². The first-order chi connectivity index (χ1) is 13.4. The molecule has 25 heavy (non-hydrogen) atoms. The monoisotopic (exact) mass is 333 g/mol. The molecule has 0 N–H and O–H groups in total. The summed E-state index contributed by atoms with van der Waals surface area (Å²) in [5.74, 6) is 0.865. The number of benzene rings is 2. The number of aryl methyl sites for hydroxylation is 1. The lowest BCUT2D eigenvalue weighted by Crippen LogP contribution is -2.36. The first-order valence-electron chi connectivity index (χ1n) is 9.68. The summed E-state index contributed by atoms with van der Waals surface area (Å²) in [6, 6.07) is 11.9. The minimum absolute atomic E-state index is 0.350. The van der Waals surface area contributed by atoms with Crippen LogP contribution in [0.1, 0.15) is 16.6 Å². The van der Waals surface area contributed by atoms with Crippen LogP contribution in [0.25, 0.3) is 21.9 Å². The second-order valence-corrected chi connectivity index (χ2v) is 6.28. The van der Waals surface area contributed by atoms with Gasteiger partial charge in [-0.25, -0.2) is 9.97 Å². The number of anilines is 3. The van der Waals surface area contributed by atoms with Crippen LogP contribution in [0.3, 0.4) is 0 Å². The Kier molecular flexibility index (Phi) is 2.27. The number of nitrogens with zero attached hydrogens (tertiary/aromatic N) is 4. The smallest absolute Gasteiger partial charge is 0.178 e. The Bertz CT molecular complexity index is 1220. The van der Waals surface area contributed by atoms with Gasteiger partial charge in [0, 0.05) is 34.3 Å². The molecular formula is C20H18N4O. The summed E-state index contributed by atoms with van der Waals surface area (Å²) in [6.07, 6.45) is 2.60. The van der Waals surface area contributed by atoms with Crippen molar-refractivity contribution in [2.24, 2.45) is 0 Å². The number of furan rings is 1. The van der Waals surface area contributed by atoms with E-state index in [2.05, 4.69) is 9.97 Å². The van der Waals surface area contributed by atoms with Crippen LogP contribution in [0, 0.1) is 6.92 Å². The fraction of sp³-hybridized carbons (Fsp3) is 0.200. The van der Waals surface area contributed by atoms with Crippen molar-refractivity contribution in [1.82, 2.24) is 9.97 Å². The summed E-state index contributed by atoms with van der Waals surface area (Å²) in [7, 11) is 0. The first kappa shape index (κ1) is 11.5. The van der Waals surface area contributed by atoms with E-state index in [1.165, 1.54) is 11.1 Å². The molecule has 2 aromatic carbocycles. The molecule has 0 saturated carbocycles. The summed E-state index contributed by atoms with van der Waals surface area (Å²) in [4.78, 5) is 12.0. The fourth-order valence-electron chi connectivity index (χ4n) is 3.60. The molecule has 5 rings (SSSR count). The molecule has 0 unspecified atom stereocenters. The zero-order chi connectivity index (χ0) is 19.6. The summed E-state index contributed by atoms with van der Waals surface area (Å²) in [5, 5.41) is 2.01. The predicted octanol–water partition coefficient (Wildman–Crippen LogP) is 4.62. The van der Waals surface area contributed by atoms with E-state index in [1.54, 1.807) is 6.20 Å². The molecule has 1 aliphatic rings. The maximum absolute atomic E-state index is 7.99. The second kappa shape index (κ2) is 4.96. The molecule has 4 aromatic rings. The highest BCUT2D eigenvalue weighted by atomic mass is 16.3. The molecule has 0 radical (unpaired) electrons. The molecule has 0 spiro atoms. The SMILES string of the molecule is [2H]C([2H])([2H])N1c2nccnc2N(c2c(C)ccc3c2oc2ccccc23)[C@H]1C. The van der Waals surface area contributed by atoms with Crippen molar-refractivity contribution in [2.75, 3.05) is 16.8 Å². The Morgan fingerprint density at radius 2 is 1.84 bits per heavy atom. The molecule has 0 saturated heterocycles. The minimum Gasteiger partial charge on any atom is -0.454 e. The third-order valence-corrected chi connectivity index (χ3v) is 4.83. The Morgan fingerprint density at radius 1 is 1.04 bits per heavy atom. The minimum atomic E-state index is -2.34. The maximum atomic E-state index is 7.99. The normalized spacial score (nSPS) is 19.1. The van der Waals surface area contributed by atoms with Crippen LogP contribution < -0.4 is 9.80 Å². The predicted molar refractivity (Wildman–Crippen MR) is 100 cm³/mol. The van der Waals surface area contributed by atoms with Gasteiger partial charge in [-0.05, 0) is 25.5 Å².